The molecule has 1 saturated heterocycles. The van der Waals surface area contributed by atoms with E-state index in [-0.39, 0.29) is 11.9 Å². The summed E-state index contributed by atoms with van der Waals surface area (Å²) in [6.45, 7) is 10.5. The molecule has 1 amide bonds. The number of nitrogens with one attached hydrogen (secondary N) is 1. The molecule has 2 aromatic rings. The van der Waals surface area contributed by atoms with E-state index in [4.69, 9.17) is 9.47 Å². The topological polar surface area (TPSA) is 68.6 Å². The van der Waals surface area contributed by atoms with E-state index in [1.165, 1.54) is 0 Å². The molecule has 1 aliphatic heterocycles. The number of allylic oxidation sites excluding steroid dienone is 4. The number of carbonyl (C=O) groups is 1. The Morgan fingerprint density at radius 3 is 2.58 bits per heavy atom. The Labute approximate surface area is 195 Å². The van der Waals surface area contributed by atoms with Crippen LogP contribution in [-0.4, -0.2) is 47.2 Å². The molecule has 7 nitrogen and oxygen atoms in total. The minimum Gasteiger partial charge on any atom is -0.497 e. The Bertz CT molecular complexity index is 1090. The van der Waals surface area contributed by atoms with Crippen LogP contribution < -0.4 is 10.1 Å². The van der Waals surface area contributed by atoms with Crippen molar-refractivity contribution in [3.8, 4) is 5.75 Å². The number of imidazole rings is 1. The van der Waals surface area contributed by atoms with Crippen molar-refractivity contribution in [3.63, 3.8) is 0 Å². The van der Waals surface area contributed by atoms with Gasteiger partial charge in [-0.25, -0.2) is 4.98 Å². The molecular formula is C26H32N4O3. The van der Waals surface area contributed by atoms with Gasteiger partial charge in [0.1, 0.15) is 17.6 Å². The minimum atomic E-state index is -0.347. The molecular weight excluding hydrogens is 416 g/mol. The Balaban J connectivity index is 1.79. The molecule has 1 N–H and O–H groups in total. The Hall–Kier alpha value is -3.74. The second kappa shape index (κ2) is 10.7. The van der Waals surface area contributed by atoms with Crippen LogP contribution in [0.15, 0.2) is 73.1 Å². The lowest BCUT2D eigenvalue weighted by Gasteiger charge is -2.20. The van der Waals surface area contributed by atoms with Gasteiger partial charge < -0.3 is 24.3 Å². The molecule has 0 aliphatic carbocycles. The van der Waals surface area contributed by atoms with Gasteiger partial charge in [-0.05, 0) is 63.1 Å². The van der Waals surface area contributed by atoms with Crippen LogP contribution in [0.3, 0.4) is 0 Å². The van der Waals surface area contributed by atoms with Crippen LogP contribution in [0, 0.1) is 6.92 Å². The number of rotatable bonds is 9. The molecule has 1 aliphatic rings. The molecule has 0 bridgehead atoms. The van der Waals surface area contributed by atoms with Gasteiger partial charge in [-0.3, -0.25) is 4.79 Å². The summed E-state index contributed by atoms with van der Waals surface area (Å²) >= 11 is 0. The van der Waals surface area contributed by atoms with Gasteiger partial charge in [0.15, 0.2) is 0 Å². The lowest BCUT2D eigenvalue weighted by molar-refractivity contribution is -0.127. The van der Waals surface area contributed by atoms with E-state index in [1.54, 1.807) is 25.4 Å². The summed E-state index contributed by atoms with van der Waals surface area (Å²) in [6, 6.07) is 7.25. The molecule has 1 atom stereocenters. The highest BCUT2D eigenvalue weighted by atomic mass is 16.5. The zero-order valence-electron chi connectivity index (χ0n) is 20.0. The van der Waals surface area contributed by atoms with E-state index >= 15 is 0 Å². The van der Waals surface area contributed by atoms with Crippen molar-refractivity contribution in [1.29, 1.82) is 0 Å². The summed E-state index contributed by atoms with van der Waals surface area (Å²) in [4.78, 5) is 19.3. The lowest BCUT2D eigenvalue weighted by Crippen LogP contribution is -2.36. The zero-order valence-corrected chi connectivity index (χ0v) is 20.0. The lowest BCUT2D eigenvalue weighted by atomic mass is 10.1. The smallest absolute Gasteiger partial charge is 0.249 e. The zero-order chi connectivity index (χ0) is 24.0. The summed E-state index contributed by atoms with van der Waals surface area (Å²) in [7, 11) is 3.26. The second-order valence-corrected chi connectivity index (χ2v) is 7.83. The summed E-state index contributed by atoms with van der Waals surface area (Å²) in [5, 5.41) is 3.29. The molecule has 174 valence electrons. The van der Waals surface area contributed by atoms with Crippen LogP contribution in [-0.2, 0) is 9.53 Å². The van der Waals surface area contributed by atoms with E-state index in [0.717, 1.165) is 28.4 Å². The molecule has 1 fully saturated rings. The van der Waals surface area contributed by atoms with Gasteiger partial charge in [0.05, 0.1) is 31.9 Å². The molecule has 3 rings (SSSR count). The van der Waals surface area contributed by atoms with Crippen LogP contribution in [0.1, 0.15) is 31.5 Å². The number of aromatic nitrogens is 2. The Morgan fingerprint density at radius 1 is 1.27 bits per heavy atom. The van der Waals surface area contributed by atoms with Gasteiger partial charge in [-0.1, -0.05) is 12.7 Å². The van der Waals surface area contributed by atoms with Crippen molar-refractivity contribution in [2.75, 3.05) is 20.8 Å². The van der Waals surface area contributed by atoms with Crippen molar-refractivity contribution in [2.45, 2.75) is 33.2 Å². The summed E-state index contributed by atoms with van der Waals surface area (Å²) < 4.78 is 12.8. The number of hydrogen-bond acceptors (Lipinski definition) is 5. The van der Waals surface area contributed by atoms with Gasteiger partial charge in [-0.15, -0.1) is 0 Å². The van der Waals surface area contributed by atoms with Crippen molar-refractivity contribution in [3.05, 3.63) is 84.3 Å². The highest BCUT2D eigenvalue weighted by molar-refractivity contribution is 5.87. The largest absolute Gasteiger partial charge is 0.497 e. The van der Waals surface area contributed by atoms with Crippen molar-refractivity contribution >= 4 is 17.3 Å². The molecule has 33 heavy (non-hydrogen) atoms. The molecule has 1 unspecified atom stereocenters. The minimum absolute atomic E-state index is 0.000549. The fourth-order valence-corrected chi connectivity index (χ4v) is 3.72. The molecule has 2 heterocycles. The van der Waals surface area contributed by atoms with E-state index in [1.807, 2.05) is 74.0 Å². The van der Waals surface area contributed by atoms with Gasteiger partial charge in [0, 0.05) is 30.2 Å². The number of carbonyl (C=O) groups excluding carboxylic acids is 1. The standard InChI is InChI=1S/C26H32N4O3/c1-7-8-22(15-25(33-6)20(4)29-16-18(2)27-17-29)30-14-13-24(26(30)31)28-19(3)21-9-11-23(32-5)12-10-21/h7-12,15-17,24,28H,3,13-14H2,1-2,4-6H3/b8-7-,22-15+,25-20-. The van der Waals surface area contributed by atoms with E-state index in [9.17, 15) is 4.79 Å². The monoisotopic (exact) mass is 448 g/mol. The van der Waals surface area contributed by atoms with Crippen LogP contribution in [0.5, 0.6) is 5.75 Å². The number of aryl methyl sites for hydroxylation is 1. The van der Waals surface area contributed by atoms with E-state index in [0.29, 0.717) is 24.4 Å². The third kappa shape index (κ3) is 5.55. The average Bonchev–Trinajstić information content (AvgIpc) is 3.42. The Kier molecular flexibility index (Phi) is 7.77. The first-order valence-electron chi connectivity index (χ1n) is 10.9. The number of methoxy groups -OCH3 is 2. The highest BCUT2D eigenvalue weighted by Crippen LogP contribution is 2.24. The van der Waals surface area contributed by atoms with Gasteiger partial charge in [-0.2, -0.15) is 0 Å². The number of likely N-dealkylation sites (tertiary alicyclic amines) is 1. The van der Waals surface area contributed by atoms with Crippen molar-refractivity contribution in [2.24, 2.45) is 0 Å². The van der Waals surface area contributed by atoms with Crippen LogP contribution in [0.4, 0.5) is 0 Å². The van der Waals surface area contributed by atoms with Crippen molar-refractivity contribution in [1.82, 2.24) is 19.8 Å². The maximum absolute atomic E-state index is 13.3. The van der Waals surface area contributed by atoms with Crippen LogP contribution in [0.25, 0.3) is 11.4 Å². The fraction of sp³-hybridized carbons (Fsp3) is 0.308. The summed E-state index contributed by atoms with van der Waals surface area (Å²) in [5.74, 6) is 1.44. The number of nitrogens with zero attached hydrogens (tertiary/aromatic N) is 3. The molecule has 1 aromatic carbocycles. The predicted molar refractivity (Wildman–Crippen MR) is 131 cm³/mol. The maximum atomic E-state index is 13.3. The predicted octanol–water partition coefficient (Wildman–Crippen LogP) is 4.36. The number of amides is 1. The van der Waals surface area contributed by atoms with Gasteiger partial charge in [0.25, 0.3) is 0 Å². The molecule has 7 heteroatoms. The molecule has 0 spiro atoms. The highest BCUT2D eigenvalue weighted by Gasteiger charge is 2.33. The first-order chi connectivity index (χ1) is 15.9. The summed E-state index contributed by atoms with van der Waals surface area (Å²) in [5.41, 5.74) is 4.20. The van der Waals surface area contributed by atoms with E-state index < -0.39 is 0 Å². The SMILES string of the molecule is C=C(NC1CCN(C(/C=C\C)=C/C(OC)=C(\C)n2cnc(C)c2)C1=O)c1ccc(OC)cc1. The fourth-order valence-electron chi connectivity index (χ4n) is 3.72. The number of benzene rings is 1. The molecule has 0 radical (unpaired) electrons. The quantitative estimate of drug-likeness (QED) is 0.456. The molecule has 0 saturated carbocycles. The van der Waals surface area contributed by atoms with Gasteiger partial charge in [0.2, 0.25) is 5.91 Å². The second-order valence-electron chi connectivity index (χ2n) is 7.83. The first kappa shape index (κ1) is 23.9. The first-order valence-corrected chi connectivity index (χ1v) is 10.9. The normalized spacial score (nSPS) is 17.4. The number of ether oxygens (including phenoxy) is 2. The van der Waals surface area contributed by atoms with Crippen molar-refractivity contribution < 1.29 is 14.3 Å². The number of hydrogen-bond donors (Lipinski definition) is 1. The third-order valence-electron chi connectivity index (χ3n) is 5.60. The third-order valence-corrected chi connectivity index (χ3v) is 5.60. The summed E-state index contributed by atoms with van der Waals surface area (Å²) in [6.07, 6.45) is 10.1. The van der Waals surface area contributed by atoms with Gasteiger partial charge >= 0.3 is 0 Å². The maximum Gasteiger partial charge on any atom is 0.249 e. The van der Waals surface area contributed by atoms with Crippen LogP contribution in [0.2, 0.25) is 0 Å². The molecule has 1 aromatic heterocycles. The van der Waals surface area contributed by atoms with E-state index in [2.05, 4.69) is 16.9 Å². The average molecular weight is 449 g/mol. The Morgan fingerprint density at radius 2 is 2.00 bits per heavy atom. The van der Waals surface area contributed by atoms with Crippen LogP contribution >= 0.6 is 0 Å².